The molecule has 0 aromatic heterocycles. The van der Waals surface area contributed by atoms with E-state index < -0.39 is 14.1 Å². The molecule has 0 spiro atoms. The topological polar surface area (TPSA) is 0 Å². The molecule has 0 saturated heterocycles. The molecule has 0 aliphatic carbocycles. The van der Waals surface area contributed by atoms with E-state index in [0.717, 1.165) is 18.9 Å². The monoisotopic (exact) mass is 342 g/mol. The lowest BCUT2D eigenvalue weighted by Gasteiger charge is -2.06. The Kier molecular flexibility index (Phi) is 10.2. The molecule has 0 amide bonds. The lowest BCUT2D eigenvalue weighted by molar-refractivity contribution is 0.613. The Morgan fingerprint density at radius 2 is 1.28 bits per heavy atom. The van der Waals surface area contributed by atoms with Gasteiger partial charge in [0.1, 0.15) is 8.07 Å². The van der Waals surface area contributed by atoms with Gasteiger partial charge in [-0.2, -0.15) is 0 Å². The zero-order valence-electron chi connectivity index (χ0n) is 11.8. The summed E-state index contributed by atoms with van der Waals surface area (Å²) in [6, 6.07) is -1.55. The van der Waals surface area contributed by atoms with Crippen LogP contribution < -0.4 is 0 Å². The standard InChI is InChI=1S/C13H25Cl3Si2/c1-17(2,3)12-10-8-6-4-5-7-9-11-13-18(14,15)16/h4-9,11,13H2,1-3H3. The predicted octanol–water partition coefficient (Wildman–Crippen LogP) is 6.25. The van der Waals surface area contributed by atoms with Crippen LogP contribution in [-0.2, 0) is 0 Å². The molecule has 0 radical (unpaired) electrons. The minimum atomic E-state index is -2.36. The van der Waals surface area contributed by atoms with Crippen LogP contribution in [0.1, 0.15) is 44.9 Å². The average molecular weight is 344 g/mol. The number of rotatable bonds is 8. The maximum Gasteiger partial charge on any atom is 0.341 e. The lowest BCUT2D eigenvalue weighted by atomic mass is 10.1. The molecule has 0 aliphatic heterocycles. The highest BCUT2D eigenvalue weighted by Gasteiger charge is 2.23. The number of halogens is 3. The molecule has 0 atom stereocenters. The third-order valence-electron chi connectivity index (χ3n) is 2.48. The predicted molar refractivity (Wildman–Crippen MR) is 91.6 cm³/mol. The van der Waals surface area contributed by atoms with Crippen LogP contribution in [0.2, 0.25) is 25.7 Å². The molecular weight excluding hydrogens is 319 g/mol. The van der Waals surface area contributed by atoms with Crippen LogP contribution in [0.3, 0.4) is 0 Å². The third kappa shape index (κ3) is 16.9. The van der Waals surface area contributed by atoms with Crippen LogP contribution in [0.4, 0.5) is 0 Å². The fourth-order valence-electron chi connectivity index (χ4n) is 1.57. The van der Waals surface area contributed by atoms with Gasteiger partial charge in [-0.05, 0) is 12.5 Å². The highest BCUT2D eigenvalue weighted by molar-refractivity contribution is 7.64. The van der Waals surface area contributed by atoms with Crippen molar-refractivity contribution in [2.24, 2.45) is 0 Å². The van der Waals surface area contributed by atoms with Gasteiger partial charge in [0.2, 0.25) is 0 Å². The first-order valence-electron chi connectivity index (χ1n) is 6.77. The lowest BCUT2D eigenvalue weighted by Crippen LogP contribution is -2.16. The van der Waals surface area contributed by atoms with Crippen molar-refractivity contribution in [2.75, 3.05) is 0 Å². The van der Waals surface area contributed by atoms with Crippen LogP contribution in [-0.4, -0.2) is 14.1 Å². The number of hydrogen-bond donors (Lipinski definition) is 0. The molecule has 18 heavy (non-hydrogen) atoms. The molecule has 5 heteroatoms. The maximum atomic E-state index is 5.83. The summed E-state index contributed by atoms with van der Waals surface area (Å²) in [5, 5.41) is 0. The molecule has 0 unspecified atom stereocenters. The highest BCUT2D eigenvalue weighted by atomic mass is 35.8. The number of hydrogen-bond acceptors (Lipinski definition) is 0. The summed E-state index contributed by atoms with van der Waals surface area (Å²) in [5.41, 5.74) is 3.40. The minimum absolute atomic E-state index is 0.805. The Balaban J connectivity index is 3.29. The van der Waals surface area contributed by atoms with E-state index in [2.05, 4.69) is 31.1 Å². The van der Waals surface area contributed by atoms with E-state index in [9.17, 15) is 0 Å². The third-order valence-corrected chi connectivity index (χ3v) is 6.02. The van der Waals surface area contributed by atoms with Gasteiger partial charge in [-0.1, -0.05) is 51.7 Å². The van der Waals surface area contributed by atoms with E-state index in [-0.39, 0.29) is 0 Å². The van der Waals surface area contributed by atoms with Crippen molar-refractivity contribution >= 4 is 47.3 Å². The van der Waals surface area contributed by atoms with Crippen LogP contribution in [0.15, 0.2) is 0 Å². The van der Waals surface area contributed by atoms with Gasteiger partial charge in [0.05, 0.1) is 0 Å². The molecule has 0 nitrogen and oxygen atoms in total. The van der Waals surface area contributed by atoms with E-state index in [1.165, 1.54) is 32.1 Å². The van der Waals surface area contributed by atoms with Crippen LogP contribution >= 0.6 is 33.2 Å². The van der Waals surface area contributed by atoms with Crippen molar-refractivity contribution in [2.45, 2.75) is 70.6 Å². The first kappa shape index (κ1) is 18.9. The van der Waals surface area contributed by atoms with E-state index in [0.29, 0.717) is 0 Å². The molecular formula is C13H25Cl3Si2. The van der Waals surface area contributed by atoms with Gasteiger partial charge in [-0.15, -0.1) is 44.7 Å². The Hall–Kier alpha value is 0.864. The van der Waals surface area contributed by atoms with Crippen molar-refractivity contribution in [3.05, 3.63) is 0 Å². The van der Waals surface area contributed by atoms with Gasteiger partial charge in [-0.25, -0.2) is 0 Å². The molecule has 0 aromatic rings. The minimum Gasteiger partial charge on any atom is -0.132 e. The average Bonchev–Trinajstić information content (AvgIpc) is 2.17. The van der Waals surface area contributed by atoms with Crippen molar-refractivity contribution in [3.8, 4) is 11.5 Å². The fraction of sp³-hybridized carbons (Fsp3) is 0.846. The molecule has 0 fully saturated rings. The fourth-order valence-corrected chi connectivity index (χ4v) is 4.08. The zero-order chi connectivity index (χ0) is 14.1. The second-order valence-electron chi connectivity index (χ2n) is 5.79. The molecule has 0 N–H and O–H groups in total. The normalized spacial score (nSPS) is 12.1. The van der Waals surface area contributed by atoms with Crippen molar-refractivity contribution in [1.82, 2.24) is 0 Å². The summed E-state index contributed by atoms with van der Waals surface area (Å²) in [7, 11) is -1.16. The molecule has 0 saturated carbocycles. The van der Waals surface area contributed by atoms with Gasteiger partial charge in [0, 0.05) is 6.42 Å². The second-order valence-corrected chi connectivity index (χ2v) is 19.8. The first-order valence-corrected chi connectivity index (χ1v) is 15.5. The van der Waals surface area contributed by atoms with Gasteiger partial charge in [0.25, 0.3) is 0 Å². The molecule has 0 aromatic carbocycles. The van der Waals surface area contributed by atoms with Crippen LogP contribution in [0.5, 0.6) is 0 Å². The largest absolute Gasteiger partial charge is 0.341 e. The van der Waals surface area contributed by atoms with Gasteiger partial charge in [0.15, 0.2) is 0 Å². The Bertz CT molecular complexity index is 269. The summed E-state index contributed by atoms with van der Waals surface area (Å²) in [5.74, 6) is 3.31. The Labute approximate surface area is 129 Å². The summed E-state index contributed by atoms with van der Waals surface area (Å²) in [4.78, 5) is 0. The van der Waals surface area contributed by atoms with Crippen molar-refractivity contribution in [1.29, 1.82) is 0 Å². The SMILES string of the molecule is C[Si](C)(C)C#CCCCCCCCC[Si](Cl)(Cl)Cl. The molecule has 0 rings (SSSR count). The van der Waals surface area contributed by atoms with Crippen LogP contribution in [0, 0.1) is 11.5 Å². The Morgan fingerprint density at radius 3 is 1.78 bits per heavy atom. The molecule has 0 bridgehead atoms. The van der Waals surface area contributed by atoms with E-state index in [4.69, 9.17) is 33.2 Å². The van der Waals surface area contributed by atoms with Gasteiger partial charge < -0.3 is 0 Å². The van der Waals surface area contributed by atoms with Gasteiger partial charge in [-0.3, -0.25) is 0 Å². The number of unbranched alkanes of at least 4 members (excludes halogenated alkanes) is 6. The van der Waals surface area contributed by atoms with E-state index in [1.807, 2.05) is 0 Å². The summed E-state index contributed by atoms with van der Waals surface area (Å²) < 4.78 is 0. The summed E-state index contributed by atoms with van der Waals surface area (Å²) in [6.07, 6.45) is 8.39. The zero-order valence-corrected chi connectivity index (χ0v) is 16.1. The summed E-state index contributed by atoms with van der Waals surface area (Å²) >= 11 is 17.5. The molecule has 0 aliphatic rings. The van der Waals surface area contributed by atoms with Crippen molar-refractivity contribution in [3.63, 3.8) is 0 Å². The quantitative estimate of drug-likeness (QED) is 0.211. The smallest absolute Gasteiger partial charge is 0.132 e. The Morgan fingerprint density at radius 1 is 0.778 bits per heavy atom. The van der Waals surface area contributed by atoms with E-state index >= 15 is 0 Å². The van der Waals surface area contributed by atoms with Crippen LogP contribution in [0.25, 0.3) is 0 Å². The highest BCUT2D eigenvalue weighted by Crippen LogP contribution is 2.27. The van der Waals surface area contributed by atoms with E-state index in [1.54, 1.807) is 0 Å². The second kappa shape index (κ2) is 9.72. The summed E-state index contributed by atoms with van der Waals surface area (Å²) in [6.45, 7) is 6.86. The first-order chi connectivity index (χ1) is 8.21. The molecule has 106 valence electrons. The van der Waals surface area contributed by atoms with Crippen molar-refractivity contribution < 1.29 is 0 Å². The maximum absolute atomic E-state index is 5.83. The molecule has 0 heterocycles. The van der Waals surface area contributed by atoms with Gasteiger partial charge >= 0.3 is 6.00 Å².